The van der Waals surface area contributed by atoms with Crippen LogP contribution < -0.4 is 10.2 Å². The van der Waals surface area contributed by atoms with E-state index in [2.05, 4.69) is 25.4 Å². The molecule has 0 bridgehead atoms. The largest absolute Gasteiger partial charge is 0.357 e. The zero-order valence-corrected chi connectivity index (χ0v) is 14.4. The Bertz CT molecular complexity index is 886. The highest BCUT2D eigenvalue weighted by molar-refractivity contribution is 5.91. The quantitative estimate of drug-likeness (QED) is 0.765. The van der Waals surface area contributed by atoms with E-state index in [1.807, 2.05) is 42.5 Å². The molecule has 1 N–H and O–H groups in total. The summed E-state index contributed by atoms with van der Waals surface area (Å²) in [5.74, 6) is 0.732. The summed E-state index contributed by atoms with van der Waals surface area (Å²) in [5.41, 5.74) is 2.13. The molecule has 1 aliphatic heterocycles. The van der Waals surface area contributed by atoms with Crippen molar-refractivity contribution in [2.75, 3.05) is 18.0 Å². The van der Waals surface area contributed by atoms with Crippen LogP contribution in [0.15, 0.2) is 54.9 Å². The number of pyridine rings is 1. The van der Waals surface area contributed by atoms with Crippen molar-refractivity contribution >= 4 is 11.7 Å². The van der Waals surface area contributed by atoms with Gasteiger partial charge in [0.1, 0.15) is 5.82 Å². The number of amides is 1. The van der Waals surface area contributed by atoms with Gasteiger partial charge in [-0.3, -0.25) is 4.79 Å². The standard InChI is InChI=1S/C19H20N6O/c26-19(17-14-22-25(23-17)16-6-2-1-3-7-16)21-13-15-8-9-20-18(12-15)24-10-4-5-11-24/h1-3,6-9,12,14H,4-5,10-11,13H2,(H,21,26). The Morgan fingerprint density at radius 2 is 1.92 bits per heavy atom. The maximum Gasteiger partial charge on any atom is 0.273 e. The summed E-state index contributed by atoms with van der Waals surface area (Å²) in [4.78, 5) is 20.5. The minimum Gasteiger partial charge on any atom is -0.357 e. The molecule has 3 aromatic rings. The van der Waals surface area contributed by atoms with Gasteiger partial charge in [-0.2, -0.15) is 9.90 Å². The average Bonchev–Trinajstić information content (AvgIpc) is 3.39. The van der Waals surface area contributed by atoms with Gasteiger partial charge in [-0.1, -0.05) is 18.2 Å². The van der Waals surface area contributed by atoms with Gasteiger partial charge < -0.3 is 10.2 Å². The van der Waals surface area contributed by atoms with Crippen molar-refractivity contribution in [3.63, 3.8) is 0 Å². The second kappa shape index (κ2) is 7.35. The normalized spacial score (nSPS) is 13.8. The molecular weight excluding hydrogens is 328 g/mol. The fraction of sp³-hybridized carbons (Fsp3) is 0.263. The lowest BCUT2D eigenvalue weighted by Gasteiger charge is -2.16. The summed E-state index contributed by atoms with van der Waals surface area (Å²) in [6.07, 6.45) is 5.69. The third-order valence-electron chi connectivity index (χ3n) is 4.40. The van der Waals surface area contributed by atoms with Gasteiger partial charge in [0.15, 0.2) is 5.69 Å². The molecular formula is C19H20N6O. The highest BCUT2D eigenvalue weighted by Crippen LogP contribution is 2.18. The Kier molecular flexibility index (Phi) is 4.59. The molecule has 2 aromatic heterocycles. The van der Waals surface area contributed by atoms with Gasteiger partial charge in [-0.25, -0.2) is 4.98 Å². The lowest BCUT2D eigenvalue weighted by molar-refractivity contribution is 0.0945. The molecule has 4 rings (SSSR count). The summed E-state index contributed by atoms with van der Waals surface area (Å²) in [7, 11) is 0. The van der Waals surface area contributed by atoms with Crippen molar-refractivity contribution in [2.45, 2.75) is 19.4 Å². The van der Waals surface area contributed by atoms with Crippen LogP contribution in [-0.4, -0.2) is 39.0 Å². The Morgan fingerprint density at radius 3 is 2.73 bits per heavy atom. The molecule has 3 heterocycles. The van der Waals surface area contributed by atoms with Crippen LogP contribution in [0.3, 0.4) is 0 Å². The maximum absolute atomic E-state index is 12.4. The number of nitrogens with zero attached hydrogens (tertiary/aromatic N) is 5. The van der Waals surface area contributed by atoms with E-state index in [1.165, 1.54) is 23.8 Å². The summed E-state index contributed by atoms with van der Waals surface area (Å²) < 4.78 is 0. The maximum atomic E-state index is 12.4. The number of hydrogen-bond acceptors (Lipinski definition) is 5. The number of nitrogens with one attached hydrogen (secondary N) is 1. The summed E-state index contributed by atoms with van der Waals surface area (Å²) in [5, 5.41) is 11.3. The summed E-state index contributed by atoms with van der Waals surface area (Å²) >= 11 is 0. The first-order valence-electron chi connectivity index (χ1n) is 8.75. The number of benzene rings is 1. The molecule has 1 saturated heterocycles. The van der Waals surface area contributed by atoms with Gasteiger partial charge >= 0.3 is 0 Å². The van der Waals surface area contributed by atoms with Gasteiger partial charge in [0, 0.05) is 25.8 Å². The van der Waals surface area contributed by atoms with Gasteiger partial charge in [-0.05, 0) is 42.7 Å². The van der Waals surface area contributed by atoms with Crippen LogP contribution in [0, 0.1) is 0 Å². The van der Waals surface area contributed by atoms with Crippen molar-refractivity contribution in [1.82, 2.24) is 25.3 Å². The lowest BCUT2D eigenvalue weighted by Crippen LogP contribution is -2.24. The fourth-order valence-corrected chi connectivity index (χ4v) is 3.02. The zero-order valence-electron chi connectivity index (χ0n) is 14.4. The van der Waals surface area contributed by atoms with Crippen LogP contribution in [0.2, 0.25) is 0 Å². The molecule has 1 fully saturated rings. The van der Waals surface area contributed by atoms with Gasteiger partial charge in [-0.15, -0.1) is 5.10 Å². The fourth-order valence-electron chi connectivity index (χ4n) is 3.02. The highest BCUT2D eigenvalue weighted by atomic mass is 16.2. The first-order chi connectivity index (χ1) is 12.8. The predicted octanol–water partition coefficient (Wildman–Crippen LogP) is 2.19. The zero-order chi connectivity index (χ0) is 17.8. The molecule has 0 saturated carbocycles. The van der Waals surface area contributed by atoms with Crippen molar-refractivity contribution < 1.29 is 4.79 Å². The van der Waals surface area contributed by atoms with Crippen LogP contribution in [0.4, 0.5) is 5.82 Å². The van der Waals surface area contributed by atoms with Gasteiger partial charge in [0.05, 0.1) is 11.9 Å². The van der Waals surface area contributed by atoms with E-state index in [0.29, 0.717) is 12.2 Å². The van der Waals surface area contributed by atoms with Crippen LogP contribution >= 0.6 is 0 Å². The van der Waals surface area contributed by atoms with E-state index in [-0.39, 0.29) is 5.91 Å². The molecule has 0 atom stereocenters. The monoisotopic (exact) mass is 348 g/mol. The Balaban J connectivity index is 1.40. The smallest absolute Gasteiger partial charge is 0.273 e. The molecule has 7 heteroatoms. The molecule has 7 nitrogen and oxygen atoms in total. The minimum absolute atomic E-state index is 0.244. The van der Waals surface area contributed by atoms with Crippen LogP contribution in [0.1, 0.15) is 28.9 Å². The van der Waals surface area contributed by atoms with E-state index < -0.39 is 0 Å². The predicted molar refractivity (Wildman–Crippen MR) is 98.2 cm³/mol. The molecule has 132 valence electrons. The number of carbonyl (C=O) groups is 1. The SMILES string of the molecule is O=C(NCc1ccnc(N2CCCC2)c1)c1cnn(-c2ccccc2)n1. The molecule has 1 aromatic carbocycles. The number of anilines is 1. The highest BCUT2D eigenvalue weighted by Gasteiger charge is 2.14. The lowest BCUT2D eigenvalue weighted by atomic mass is 10.2. The average molecular weight is 348 g/mol. The van der Waals surface area contributed by atoms with Crippen molar-refractivity contribution in [3.8, 4) is 5.69 Å². The topological polar surface area (TPSA) is 75.9 Å². The molecule has 26 heavy (non-hydrogen) atoms. The number of carbonyl (C=O) groups excluding carboxylic acids is 1. The van der Waals surface area contributed by atoms with Gasteiger partial charge in [0.25, 0.3) is 5.91 Å². The molecule has 1 amide bonds. The second-order valence-corrected chi connectivity index (χ2v) is 6.25. The van der Waals surface area contributed by atoms with Crippen molar-refractivity contribution in [2.24, 2.45) is 0 Å². The second-order valence-electron chi connectivity index (χ2n) is 6.25. The molecule has 1 aliphatic rings. The van der Waals surface area contributed by atoms with Crippen LogP contribution in [0.5, 0.6) is 0 Å². The van der Waals surface area contributed by atoms with E-state index in [1.54, 1.807) is 6.20 Å². The van der Waals surface area contributed by atoms with Crippen molar-refractivity contribution in [1.29, 1.82) is 0 Å². The van der Waals surface area contributed by atoms with E-state index in [9.17, 15) is 4.79 Å². The van der Waals surface area contributed by atoms with E-state index in [0.717, 1.165) is 30.2 Å². The molecule has 0 aliphatic carbocycles. The molecule has 0 unspecified atom stereocenters. The number of rotatable bonds is 5. The molecule has 0 spiro atoms. The number of hydrogen-bond donors (Lipinski definition) is 1. The van der Waals surface area contributed by atoms with Crippen molar-refractivity contribution in [3.05, 3.63) is 66.1 Å². The number of para-hydroxylation sites is 1. The van der Waals surface area contributed by atoms with Crippen LogP contribution in [-0.2, 0) is 6.54 Å². The Morgan fingerprint density at radius 1 is 1.12 bits per heavy atom. The van der Waals surface area contributed by atoms with Gasteiger partial charge in [0.2, 0.25) is 0 Å². The van der Waals surface area contributed by atoms with E-state index in [4.69, 9.17) is 0 Å². The summed E-state index contributed by atoms with van der Waals surface area (Å²) in [6.45, 7) is 2.52. The molecule has 0 radical (unpaired) electrons. The third-order valence-corrected chi connectivity index (χ3v) is 4.40. The first kappa shape index (κ1) is 16.3. The minimum atomic E-state index is -0.244. The van der Waals surface area contributed by atoms with E-state index >= 15 is 0 Å². The number of aromatic nitrogens is 4. The Labute approximate surface area is 151 Å². The first-order valence-corrected chi connectivity index (χ1v) is 8.75. The summed E-state index contributed by atoms with van der Waals surface area (Å²) in [6, 6.07) is 13.5. The third kappa shape index (κ3) is 3.56. The Hall–Kier alpha value is -3.22. The van der Waals surface area contributed by atoms with Crippen LogP contribution in [0.25, 0.3) is 5.69 Å².